The zero-order valence-corrected chi connectivity index (χ0v) is 13.9. The summed E-state index contributed by atoms with van der Waals surface area (Å²) in [5, 5.41) is 27.1. The molecule has 0 saturated carbocycles. The molecule has 0 aromatic rings. The fraction of sp³-hybridized carbons (Fsp3) is 0.909. The minimum Gasteiger partial charge on any atom is -0.480 e. The van der Waals surface area contributed by atoms with E-state index in [1.165, 1.54) is 0 Å². The van der Waals surface area contributed by atoms with Crippen LogP contribution in [-0.4, -0.2) is 72.2 Å². The highest BCUT2D eigenvalue weighted by Crippen LogP contribution is 2.31. The van der Waals surface area contributed by atoms with Gasteiger partial charge >= 0.3 is 13.1 Å². The summed E-state index contributed by atoms with van der Waals surface area (Å²) in [4.78, 5) is 11.5. The van der Waals surface area contributed by atoms with Gasteiger partial charge in [-0.3, -0.25) is 4.79 Å². The maximum atomic E-state index is 12.2. The molecule has 10 nitrogen and oxygen atoms in total. The van der Waals surface area contributed by atoms with Crippen LogP contribution in [-0.2, 0) is 15.0 Å². The third kappa shape index (κ3) is 5.38. The van der Waals surface area contributed by atoms with E-state index in [1.54, 1.807) is 6.92 Å². The van der Waals surface area contributed by atoms with Gasteiger partial charge in [0.05, 0.1) is 0 Å². The second-order valence-corrected chi connectivity index (χ2v) is 7.83. The number of carboxylic acid groups (broad SMARTS) is 1. The molecule has 8 N–H and O–H groups in total. The number of carbonyl (C=O) groups is 1. The molecule has 134 valence electrons. The van der Waals surface area contributed by atoms with Gasteiger partial charge in [-0.25, -0.2) is 4.72 Å². The summed E-state index contributed by atoms with van der Waals surface area (Å²) in [6.07, 6.45) is 0.678. The summed E-state index contributed by atoms with van der Waals surface area (Å²) in [5.74, 6) is -1.90. The predicted octanol–water partition coefficient (Wildman–Crippen LogP) is -2.87. The Morgan fingerprint density at radius 3 is 2.61 bits per heavy atom. The summed E-state index contributed by atoms with van der Waals surface area (Å²) in [6, 6.07) is -0.378. The predicted molar refractivity (Wildman–Crippen MR) is 84.4 cm³/mol. The van der Waals surface area contributed by atoms with Crippen LogP contribution in [0.1, 0.15) is 19.8 Å². The average Bonchev–Trinajstić information content (AvgIpc) is 2.76. The fourth-order valence-corrected chi connectivity index (χ4v) is 3.96. The van der Waals surface area contributed by atoms with Gasteiger partial charge in [-0.2, -0.15) is 12.7 Å². The Hall–Kier alpha value is -0.755. The second-order valence-electron chi connectivity index (χ2n) is 6.08. The van der Waals surface area contributed by atoms with E-state index in [0.717, 1.165) is 4.31 Å². The molecule has 1 heterocycles. The van der Waals surface area contributed by atoms with Gasteiger partial charge in [-0.05, 0) is 19.7 Å². The van der Waals surface area contributed by atoms with Crippen LogP contribution in [0.3, 0.4) is 0 Å². The number of carboxylic acids is 1. The van der Waals surface area contributed by atoms with Gasteiger partial charge < -0.3 is 26.6 Å². The van der Waals surface area contributed by atoms with Crippen molar-refractivity contribution in [2.24, 2.45) is 17.4 Å². The normalized spacial score (nSPS) is 27.1. The lowest BCUT2D eigenvalue weighted by molar-refractivity contribution is -0.144. The number of nitrogens with two attached hydrogens (primary N) is 2. The van der Waals surface area contributed by atoms with Gasteiger partial charge in [0.15, 0.2) is 0 Å². The van der Waals surface area contributed by atoms with Crippen LogP contribution in [0, 0.1) is 5.92 Å². The van der Waals surface area contributed by atoms with E-state index >= 15 is 0 Å². The van der Waals surface area contributed by atoms with Crippen LogP contribution in [0.5, 0.6) is 0 Å². The Bertz CT molecular complexity index is 517. The van der Waals surface area contributed by atoms with E-state index in [0.29, 0.717) is 6.42 Å². The average molecular weight is 352 g/mol. The second kappa shape index (κ2) is 7.88. The number of nitrogens with zero attached hydrogens (tertiary/aromatic N) is 1. The molecule has 0 aliphatic carbocycles. The first-order chi connectivity index (χ1) is 10.5. The molecule has 1 aliphatic rings. The van der Waals surface area contributed by atoms with Crippen molar-refractivity contribution in [2.75, 3.05) is 19.6 Å². The summed E-state index contributed by atoms with van der Waals surface area (Å²) < 4.78 is 27.7. The smallest absolute Gasteiger partial charge is 0.451 e. The minimum atomic E-state index is -3.87. The molecule has 1 aliphatic heterocycles. The zero-order chi connectivity index (χ0) is 17.8. The Labute approximate surface area is 136 Å². The van der Waals surface area contributed by atoms with Crippen molar-refractivity contribution < 1.29 is 28.4 Å². The molecule has 1 fully saturated rings. The van der Waals surface area contributed by atoms with Crippen LogP contribution >= 0.6 is 0 Å². The van der Waals surface area contributed by atoms with Crippen molar-refractivity contribution in [1.82, 2.24) is 9.03 Å². The van der Waals surface area contributed by atoms with E-state index in [2.05, 4.69) is 4.72 Å². The van der Waals surface area contributed by atoms with E-state index in [-0.39, 0.29) is 38.4 Å². The largest absolute Gasteiger partial charge is 0.480 e. The molecule has 0 bridgehead atoms. The van der Waals surface area contributed by atoms with Gasteiger partial charge in [-0.15, -0.1) is 0 Å². The van der Waals surface area contributed by atoms with Crippen LogP contribution < -0.4 is 16.2 Å². The van der Waals surface area contributed by atoms with Crippen molar-refractivity contribution in [3.63, 3.8) is 0 Å². The Kier molecular flexibility index (Phi) is 6.95. The lowest BCUT2D eigenvalue weighted by Crippen LogP contribution is -2.55. The monoisotopic (exact) mass is 352 g/mol. The quantitative estimate of drug-likeness (QED) is 0.240. The highest BCUT2D eigenvalue weighted by atomic mass is 32.2. The van der Waals surface area contributed by atoms with Gasteiger partial charge in [-0.1, -0.05) is 6.42 Å². The summed E-state index contributed by atoms with van der Waals surface area (Å²) in [6.45, 7) is 1.28. The number of nitrogens with one attached hydrogen (secondary N) is 1. The first kappa shape index (κ1) is 20.3. The molecular weight excluding hydrogens is 327 g/mol. The molecule has 0 amide bonds. The molecular formula is C11H25BN4O6S. The summed E-state index contributed by atoms with van der Waals surface area (Å²) >= 11 is 0. The maximum absolute atomic E-state index is 12.2. The minimum absolute atomic E-state index is 0.0326. The maximum Gasteiger partial charge on any atom is 0.451 e. The highest BCUT2D eigenvalue weighted by molar-refractivity contribution is 7.87. The van der Waals surface area contributed by atoms with Crippen molar-refractivity contribution in [3.8, 4) is 0 Å². The molecule has 1 saturated heterocycles. The lowest BCUT2D eigenvalue weighted by atomic mass is 9.78. The molecule has 0 radical (unpaired) electrons. The lowest BCUT2D eigenvalue weighted by Gasteiger charge is -2.25. The van der Waals surface area contributed by atoms with Crippen LogP contribution in [0.2, 0.25) is 6.32 Å². The van der Waals surface area contributed by atoms with Crippen molar-refractivity contribution in [1.29, 1.82) is 0 Å². The first-order valence-electron chi connectivity index (χ1n) is 7.37. The van der Waals surface area contributed by atoms with E-state index < -0.39 is 34.8 Å². The van der Waals surface area contributed by atoms with E-state index in [1.807, 2.05) is 0 Å². The van der Waals surface area contributed by atoms with Gasteiger partial charge in [0.25, 0.3) is 10.2 Å². The highest BCUT2D eigenvalue weighted by Gasteiger charge is 2.52. The summed E-state index contributed by atoms with van der Waals surface area (Å²) in [7, 11) is -5.36. The van der Waals surface area contributed by atoms with Crippen molar-refractivity contribution >= 4 is 23.3 Å². The Balaban J connectivity index is 2.81. The molecule has 12 heteroatoms. The molecule has 1 rings (SSSR count). The molecule has 23 heavy (non-hydrogen) atoms. The SMILES string of the molecule is C[C@@H](N)CNS(=O)(=O)N1C[C@@H](CCCB(O)O)[C@@](N)(C(=O)O)C1. The topological polar surface area (TPSA) is 179 Å². The van der Waals surface area contributed by atoms with Crippen molar-refractivity contribution in [2.45, 2.75) is 37.7 Å². The Morgan fingerprint density at radius 2 is 2.13 bits per heavy atom. The Morgan fingerprint density at radius 1 is 1.52 bits per heavy atom. The molecule has 3 atom stereocenters. The molecule has 0 spiro atoms. The van der Waals surface area contributed by atoms with Gasteiger partial charge in [0, 0.05) is 31.6 Å². The van der Waals surface area contributed by atoms with Crippen molar-refractivity contribution in [3.05, 3.63) is 0 Å². The summed E-state index contributed by atoms with van der Waals surface area (Å²) in [5.41, 5.74) is 9.73. The number of hydrogen-bond donors (Lipinski definition) is 6. The van der Waals surface area contributed by atoms with Crippen LogP contribution in [0.15, 0.2) is 0 Å². The third-order valence-corrected chi connectivity index (χ3v) is 5.42. The van der Waals surface area contributed by atoms with Crippen LogP contribution in [0.25, 0.3) is 0 Å². The van der Waals surface area contributed by atoms with E-state index in [4.69, 9.17) is 21.5 Å². The number of hydrogen-bond acceptors (Lipinski definition) is 7. The van der Waals surface area contributed by atoms with E-state index in [9.17, 15) is 18.3 Å². The molecule has 0 aromatic carbocycles. The fourth-order valence-electron chi connectivity index (χ4n) is 2.54. The molecule has 0 unspecified atom stereocenters. The van der Waals surface area contributed by atoms with Gasteiger partial charge in [0.2, 0.25) is 0 Å². The first-order valence-corrected chi connectivity index (χ1v) is 8.81. The number of aliphatic carboxylic acids is 1. The standard InChI is InChI=1S/C11H25BN4O6S/c1-8(13)5-15-23(21,22)16-6-9(3-2-4-12(19)20)11(14,7-16)10(17)18/h8-9,15,19-20H,2-7,13-14H2,1H3,(H,17,18)/t8-,9-,11-/m1/s1. The molecule has 0 aromatic heterocycles. The zero-order valence-electron chi connectivity index (χ0n) is 13.1. The van der Waals surface area contributed by atoms with Crippen LogP contribution in [0.4, 0.5) is 0 Å². The van der Waals surface area contributed by atoms with Gasteiger partial charge in [0.1, 0.15) is 5.54 Å². The number of rotatable bonds is 9. The third-order valence-electron chi connectivity index (χ3n) is 3.93.